The number of benzene rings is 3. The van der Waals surface area contributed by atoms with Crippen molar-refractivity contribution in [2.24, 2.45) is 0 Å². The van der Waals surface area contributed by atoms with Crippen LogP contribution in [0.2, 0.25) is 0 Å². The van der Waals surface area contributed by atoms with Gasteiger partial charge in [-0.3, -0.25) is 19.1 Å². The lowest BCUT2D eigenvalue weighted by Gasteiger charge is -2.34. The van der Waals surface area contributed by atoms with Crippen LogP contribution >= 0.6 is 15.9 Å². The normalized spacial score (nSPS) is 19.9. The molecule has 0 radical (unpaired) electrons. The van der Waals surface area contributed by atoms with Crippen LogP contribution in [0.1, 0.15) is 37.1 Å². The fourth-order valence-corrected chi connectivity index (χ4v) is 8.16. The third-order valence-electron chi connectivity index (χ3n) is 10.1. The molecule has 0 aliphatic carbocycles. The number of nitrogens with one attached hydrogen (secondary N) is 1. The molecule has 5 aromatic rings. The lowest BCUT2D eigenvalue weighted by atomic mass is 10.1. The van der Waals surface area contributed by atoms with E-state index in [4.69, 9.17) is 28.2 Å². The van der Waals surface area contributed by atoms with Crippen molar-refractivity contribution >= 4 is 47.9 Å². The van der Waals surface area contributed by atoms with E-state index in [-0.39, 0.29) is 36.4 Å². The molecule has 2 aromatic heterocycles. The van der Waals surface area contributed by atoms with E-state index in [1.807, 2.05) is 50.2 Å². The Kier molecular flexibility index (Phi) is 13.5. The van der Waals surface area contributed by atoms with Crippen LogP contribution < -0.4 is 24.3 Å². The van der Waals surface area contributed by atoms with E-state index in [0.717, 1.165) is 108 Å². The van der Waals surface area contributed by atoms with Crippen molar-refractivity contribution < 1.29 is 41.8 Å². The summed E-state index contributed by atoms with van der Waals surface area (Å²) in [6, 6.07) is 21.7. The molecule has 4 aliphatic rings. The third kappa shape index (κ3) is 10.7. The van der Waals surface area contributed by atoms with Gasteiger partial charge in [-0.25, -0.2) is 0 Å². The van der Waals surface area contributed by atoms with Crippen LogP contribution in [0.4, 0.5) is 0 Å². The number of hydrogen-bond donors (Lipinski definition) is 3. The summed E-state index contributed by atoms with van der Waals surface area (Å²) in [7, 11) is -3.87. The van der Waals surface area contributed by atoms with Gasteiger partial charge in [-0.05, 0) is 125 Å². The Labute approximate surface area is 341 Å². The van der Waals surface area contributed by atoms with Crippen molar-refractivity contribution in [1.29, 1.82) is 0 Å². The van der Waals surface area contributed by atoms with Crippen LogP contribution in [0.25, 0.3) is 21.8 Å². The molecule has 9 rings (SSSR count). The Morgan fingerprint density at radius 2 is 1.26 bits per heavy atom. The molecule has 3 N–H and O–H groups in total. The first-order valence-corrected chi connectivity index (χ1v) is 21.5. The van der Waals surface area contributed by atoms with Crippen molar-refractivity contribution in [3.05, 3.63) is 88.7 Å². The van der Waals surface area contributed by atoms with Crippen molar-refractivity contribution in [3.8, 4) is 23.0 Å². The summed E-state index contributed by atoms with van der Waals surface area (Å²) in [5, 5.41) is 23.5. The fourth-order valence-electron chi connectivity index (χ4n) is 6.96. The van der Waals surface area contributed by atoms with Crippen LogP contribution in [0.15, 0.2) is 82.2 Å². The zero-order valence-electron chi connectivity index (χ0n) is 32.1. The van der Waals surface area contributed by atoms with Crippen LogP contribution in [0.3, 0.4) is 0 Å². The standard InChI is InChI=1S/C19H16BrNO5S.C18H22N2O3.C5H11NO/c1-12-2-7-16-17(21-12)8-9-18-19(16)26-14(10-24-18)11-25-27(22,23)15-5-3-13(20)4-6-15;1-12-2-3-15-16(19-12)4-5-17-18(15)23-14(11-22-17)10-20-8-6-13(21)7-9-20;7-5-1-3-6-4-2-5/h2-9,14H,10-11H2,1H3;2-5,13-14,21H,6-11H2,1H3;5-7H,1-4H2/t2*14-;/m10./s1. The molecule has 13 nitrogen and oxygen atoms in total. The first-order chi connectivity index (χ1) is 27.5. The minimum Gasteiger partial charge on any atom is -0.486 e. The lowest BCUT2D eigenvalue weighted by Crippen LogP contribution is -2.45. The van der Waals surface area contributed by atoms with Crippen molar-refractivity contribution in [2.45, 2.75) is 68.8 Å². The molecule has 6 heterocycles. The number of aliphatic hydroxyl groups is 2. The molecular weight excluding hydrogens is 816 g/mol. The predicted octanol–water partition coefficient (Wildman–Crippen LogP) is 5.72. The van der Waals surface area contributed by atoms with E-state index < -0.39 is 16.2 Å². The van der Waals surface area contributed by atoms with Crippen molar-refractivity contribution in [3.63, 3.8) is 0 Å². The van der Waals surface area contributed by atoms with E-state index in [9.17, 15) is 13.5 Å². The number of likely N-dealkylation sites (tertiary alicyclic amines) is 1. The van der Waals surface area contributed by atoms with Crippen LogP contribution in [-0.2, 0) is 14.3 Å². The summed E-state index contributed by atoms with van der Waals surface area (Å²) >= 11 is 3.28. The highest BCUT2D eigenvalue weighted by molar-refractivity contribution is 9.10. The average Bonchev–Trinajstić information content (AvgIpc) is 3.21. The number of ether oxygens (including phenoxy) is 4. The maximum absolute atomic E-state index is 12.3. The van der Waals surface area contributed by atoms with Gasteiger partial charge in [0, 0.05) is 46.3 Å². The predicted molar refractivity (Wildman–Crippen MR) is 220 cm³/mol. The van der Waals surface area contributed by atoms with Crippen molar-refractivity contribution in [2.75, 3.05) is 52.5 Å². The van der Waals surface area contributed by atoms with Gasteiger partial charge in [0.1, 0.15) is 25.9 Å². The van der Waals surface area contributed by atoms with Gasteiger partial charge in [0.25, 0.3) is 10.1 Å². The molecule has 0 bridgehead atoms. The summed E-state index contributed by atoms with van der Waals surface area (Å²) < 4.78 is 54.5. The van der Waals surface area contributed by atoms with Gasteiger partial charge in [-0.2, -0.15) is 8.42 Å². The third-order valence-corrected chi connectivity index (χ3v) is 11.9. The van der Waals surface area contributed by atoms with Gasteiger partial charge < -0.3 is 34.5 Å². The highest BCUT2D eigenvalue weighted by Crippen LogP contribution is 2.40. The minimum atomic E-state index is -3.87. The Morgan fingerprint density at radius 1 is 0.737 bits per heavy atom. The molecule has 2 saturated heterocycles. The molecule has 0 spiro atoms. The average molecular weight is 866 g/mol. The second kappa shape index (κ2) is 18.7. The molecule has 15 heteroatoms. The Morgan fingerprint density at radius 3 is 1.81 bits per heavy atom. The molecular formula is C42H49BrN4O9S. The summed E-state index contributed by atoms with van der Waals surface area (Å²) in [6.07, 6.45) is 2.85. The van der Waals surface area contributed by atoms with Crippen LogP contribution in [-0.4, -0.2) is 110 Å². The highest BCUT2D eigenvalue weighted by Gasteiger charge is 2.28. The number of aliphatic hydroxyl groups excluding tert-OH is 2. The van der Waals surface area contributed by atoms with Gasteiger partial charge in [0.2, 0.25) is 0 Å². The molecule has 0 amide bonds. The molecule has 0 saturated carbocycles. The Hall–Kier alpha value is -4.09. The number of nitrogens with zero attached hydrogens (tertiary/aromatic N) is 3. The van der Waals surface area contributed by atoms with Gasteiger partial charge in [-0.1, -0.05) is 15.9 Å². The SMILES string of the molecule is Cc1ccc2c3c(ccc2n1)OC[C@H](CN1CCC(O)CC1)O3.Cc1ccc2c3c(ccc2n1)OC[C@H](COS(=O)(=O)c1ccc(Br)cc1)O3.OC1CCNCC1. The minimum absolute atomic E-state index is 0.0182. The lowest BCUT2D eigenvalue weighted by molar-refractivity contribution is 0.0310. The largest absolute Gasteiger partial charge is 0.486 e. The quantitative estimate of drug-likeness (QED) is 0.178. The summed E-state index contributed by atoms with van der Waals surface area (Å²) in [4.78, 5) is 11.5. The molecule has 0 unspecified atom stereocenters. The molecule has 4 aliphatic heterocycles. The maximum Gasteiger partial charge on any atom is 0.297 e. The molecule has 304 valence electrons. The summed E-state index contributed by atoms with van der Waals surface area (Å²) in [5.74, 6) is 2.78. The van der Waals surface area contributed by atoms with Gasteiger partial charge in [0.15, 0.2) is 29.1 Å². The molecule has 57 heavy (non-hydrogen) atoms. The number of halogens is 1. The number of rotatable bonds is 6. The number of piperidine rings is 2. The number of fused-ring (bicyclic) bond motifs is 6. The van der Waals surface area contributed by atoms with Gasteiger partial charge in [0.05, 0.1) is 28.1 Å². The second-order valence-electron chi connectivity index (χ2n) is 14.6. The monoisotopic (exact) mass is 864 g/mol. The molecule has 2 fully saturated rings. The van der Waals surface area contributed by atoms with E-state index in [1.165, 1.54) is 12.1 Å². The summed E-state index contributed by atoms with van der Waals surface area (Å²) in [5.41, 5.74) is 3.63. The number of pyridine rings is 2. The van der Waals surface area contributed by atoms with E-state index in [0.29, 0.717) is 18.1 Å². The van der Waals surface area contributed by atoms with E-state index in [1.54, 1.807) is 18.2 Å². The maximum atomic E-state index is 12.3. The topological polar surface area (TPSA) is 162 Å². The van der Waals surface area contributed by atoms with E-state index >= 15 is 0 Å². The summed E-state index contributed by atoms with van der Waals surface area (Å²) in [6.45, 7) is 9.18. The first-order valence-electron chi connectivity index (χ1n) is 19.3. The van der Waals surface area contributed by atoms with Crippen LogP contribution in [0, 0.1) is 13.8 Å². The Bertz CT molecular complexity index is 2250. The fraction of sp³-hybridized carbons (Fsp3) is 0.429. The Balaban J connectivity index is 0.000000150. The number of hydrogen-bond acceptors (Lipinski definition) is 13. The van der Waals surface area contributed by atoms with E-state index in [2.05, 4.69) is 42.2 Å². The first kappa shape index (κ1) is 41.1. The molecule has 3 aromatic carbocycles. The van der Waals surface area contributed by atoms with Gasteiger partial charge >= 0.3 is 0 Å². The zero-order chi connectivity index (χ0) is 39.9. The molecule has 2 atom stereocenters. The number of aromatic nitrogens is 2. The zero-order valence-corrected chi connectivity index (χ0v) is 34.5. The van der Waals surface area contributed by atoms with Crippen LogP contribution in [0.5, 0.6) is 23.0 Å². The number of aryl methyl sites for hydroxylation is 2. The highest BCUT2D eigenvalue weighted by atomic mass is 79.9. The van der Waals surface area contributed by atoms with Crippen molar-refractivity contribution in [1.82, 2.24) is 20.2 Å². The van der Waals surface area contributed by atoms with Gasteiger partial charge in [-0.15, -0.1) is 0 Å². The smallest absolute Gasteiger partial charge is 0.297 e. The second-order valence-corrected chi connectivity index (χ2v) is 17.2.